The molecule has 0 saturated heterocycles. The smallest absolute Gasteiger partial charge is 0.347 e. The zero-order valence-corrected chi connectivity index (χ0v) is 13.5. The first-order valence-corrected chi connectivity index (χ1v) is 7.40. The summed E-state index contributed by atoms with van der Waals surface area (Å²) in [6.07, 6.45) is 1.07. The lowest BCUT2D eigenvalue weighted by Crippen LogP contribution is -2.20. The van der Waals surface area contributed by atoms with Crippen molar-refractivity contribution in [3.63, 3.8) is 0 Å². The Balaban J connectivity index is 3.01. The molecule has 0 fully saturated rings. The van der Waals surface area contributed by atoms with E-state index in [0.29, 0.717) is 16.5 Å². The molecule has 1 aromatic rings. The summed E-state index contributed by atoms with van der Waals surface area (Å²) in [5.74, 6) is -0.255. The molecule has 0 atom stereocenters. The quantitative estimate of drug-likeness (QED) is 0.897. The van der Waals surface area contributed by atoms with Crippen molar-refractivity contribution >= 4 is 22.4 Å². The topological polar surface area (TPSA) is 53.4 Å². The third-order valence-corrected chi connectivity index (χ3v) is 4.05. The van der Waals surface area contributed by atoms with Gasteiger partial charge in [-0.3, -0.25) is 0 Å². The van der Waals surface area contributed by atoms with Gasteiger partial charge in [0.15, 0.2) is 5.13 Å². The summed E-state index contributed by atoms with van der Waals surface area (Å²) in [6.45, 7) is 11.2. The van der Waals surface area contributed by atoms with Crippen molar-refractivity contribution in [2.75, 3.05) is 18.5 Å². The zero-order chi connectivity index (χ0) is 14.8. The second-order valence-electron chi connectivity index (χ2n) is 6.33. The highest BCUT2D eigenvalue weighted by Crippen LogP contribution is 2.33. The van der Waals surface area contributed by atoms with Gasteiger partial charge in [0.05, 0.1) is 5.69 Å². The molecule has 1 heterocycles. The summed E-state index contributed by atoms with van der Waals surface area (Å²) < 4.78 is 0. The van der Waals surface area contributed by atoms with Crippen molar-refractivity contribution in [3.05, 3.63) is 10.6 Å². The van der Waals surface area contributed by atoms with Crippen LogP contribution in [0, 0.1) is 5.92 Å². The Hall–Kier alpha value is -1.10. The van der Waals surface area contributed by atoms with Crippen LogP contribution >= 0.6 is 11.3 Å². The van der Waals surface area contributed by atoms with E-state index in [1.807, 2.05) is 32.7 Å². The Bertz CT molecular complexity index is 447. The van der Waals surface area contributed by atoms with Gasteiger partial charge in [0.25, 0.3) is 0 Å². The maximum atomic E-state index is 11.3. The summed E-state index contributed by atoms with van der Waals surface area (Å²) >= 11 is 1.27. The van der Waals surface area contributed by atoms with Gasteiger partial charge in [0.1, 0.15) is 4.88 Å². The number of carbonyl (C=O) groups is 1. The van der Waals surface area contributed by atoms with Crippen LogP contribution in [-0.2, 0) is 5.41 Å². The second-order valence-corrected chi connectivity index (χ2v) is 7.31. The molecule has 0 unspecified atom stereocenters. The van der Waals surface area contributed by atoms with Gasteiger partial charge in [-0.15, -0.1) is 0 Å². The average Bonchev–Trinajstić information content (AvgIpc) is 2.70. The van der Waals surface area contributed by atoms with Crippen molar-refractivity contribution in [1.29, 1.82) is 0 Å². The van der Waals surface area contributed by atoms with Crippen LogP contribution in [0.25, 0.3) is 0 Å². The van der Waals surface area contributed by atoms with Crippen LogP contribution in [0.1, 0.15) is 56.4 Å². The lowest BCUT2D eigenvalue weighted by Gasteiger charge is -2.18. The fraction of sp³-hybridized carbons (Fsp3) is 0.714. The van der Waals surface area contributed by atoms with Gasteiger partial charge < -0.3 is 10.0 Å². The van der Waals surface area contributed by atoms with Crippen LogP contribution in [0.2, 0.25) is 0 Å². The third kappa shape index (κ3) is 4.20. The Morgan fingerprint density at radius 3 is 2.37 bits per heavy atom. The van der Waals surface area contributed by atoms with Crippen molar-refractivity contribution in [2.24, 2.45) is 5.92 Å². The molecule has 1 N–H and O–H groups in total. The molecule has 0 aromatic carbocycles. The predicted octanol–water partition coefficient (Wildman–Crippen LogP) is 3.62. The van der Waals surface area contributed by atoms with Crippen molar-refractivity contribution in [1.82, 2.24) is 4.98 Å². The van der Waals surface area contributed by atoms with Crippen molar-refractivity contribution in [3.8, 4) is 0 Å². The molecule has 1 rings (SSSR count). The molecule has 0 aliphatic rings. The standard InChI is InChI=1S/C14H24N2O2S/c1-9(2)7-8-16(6)13-15-11(14(3,4)5)10(19-13)12(17)18/h9H,7-8H2,1-6H3,(H,17,18). The number of anilines is 1. The van der Waals surface area contributed by atoms with Gasteiger partial charge in [0, 0.05) is 19.0 Å². The molecule has 0 aliphatic heterocycles. The number of thiazole rings is 1. The monoisotopic (exact) mass is 284 g/mol. The minimum absolute atomic E-state index is 0.249. The van der Waals surface area contributed by atoms with Crippen molar-refractivity contribution < 1.29 is 9.90 Å². The van der Waals surface area contributed by atoms with E-state index in [1.54, 1.807) is 0 Å². The highest BCUT2D eigenvalue weighted by molar-refractivity contribution is 7.17. The number of carboxylic acid groups (broad SMARTS) is 1. The molecule has 0 bridgehead atoms. The van der Waals surface area contributed by atoms with Gasteiger partial charge in [-0.1, -0.05) is 46.0 Å². The van der Waals surface area contributed by atoms with E-state index in [2.05, 4.69) is 18.8 Å². The molecular formula is C14H24N2O2S. The minimum Gasteiger partial charge on any atom is -0.477 e. The normalized spacial score (nSPS) is 11.9. The van der Waals surface area contributed by atoms with E-state index >= 15 is 0 Å². The predicted molar refractivity (Wildman–Crippen MR) is 80.5 cm³/mol. The first kappa shape index (κ1) is 16.0. The molecule has 0 aliphatic carbocycles. The third-order valence-electron chi connectivity index (χ3n) is 2.89. The summed E-state index contributed by atoms with van der Waals surface area (Å²) in [6, 6.07) is 0. The number of nitrogens with zero attached hydrogens (tertiary/aromatic N) is 2. The average molecular weight is 284 g/mol. The molecule has 0 radical (unpaired) electrons. The highest BCUT2D eigenvalue weighted by Gasteiger charge is 2.27. The Labute approximate surface area is 119 Å². The van der Waals surface area contributed by atoms with E-state index in [0.717, 1.165) is 18.1 Å². The van der Waals surface area contributed by atoms with E-state index in [4.69, 9.17) is 0 Å². The minimum atomic E-state index is -0.883. The van der Waals surface area contributed by atoms with Crippen LogP contribution in [0.5, 0.6) is 0 Å². The SMILES string of the molecule is CC(C)CCN(C)c1nc(C(C)(C)C)c(C(=O)O)s1. The van der Waals surface area contributed by atoms with Gasteiger partial charge in [0.2, 0.25) is 0 Å². The molecule has 1 aromatic heterocycles. The maximum Gasteiger partial charge on any atom is 0.347 e. The van der Waals surface area contributed by atoms with Crippen molar-refractivity contribution in [2.45, 2.75) is 46.5 Å². The van der Waals surface area contributed by atoms with E-state index in [9.17, 15) is 9.90 Å². The van der Waals surface area contributed by atoms with E-state index < -0.39 is 5.97 Å². The molecule has 5 heteroatoms. The number of hydrogen-bond donors (Lipinski definition) is 1. The van der Waals surface area contributed by atoms with Gasteiger partial charge in [-0.25, -0.2) is 9.78 Å². The van der Waals surface area contributed by atoms with Gasteiger partial charge in [-0.05, 0) is 12.3 Å². The van der Waals surface area contributed by atoms with Crippen LogP contribution in [-0.4, -0.2) is 29.7 Å². The first-order chi connectivity index (χ1) is 8.62. The van der Waals surface area contributed by atoms with E-state index in [-0.39, 0.29) is 5.41 Å². The number of aromatic carboxylic acids is 1. The summed E-state index contributed by atoms with van der Waals surface area (Å²) in [5, 5.41) is 10.1. The number of rotatable bonds is 5. The fourth-order valence-corrected chi connectivity index (χ4v) is 2.78. The summed E-state index contributed by atoms with van der Waals surface area (Å²) in [7, 11) is 1.97. The van der Waals surface area contributed by atoms with Crippen LogP contribution in [0.15, 0.2) is 0 Å². The zero-order valence-electron chi connectivity index (χ0n) is 12.6. The largest absolute Gasteiger partial charge is 0.477 e. The molecule has 0 saturated carbocycles. The Kier molecular flexibility index (Phi) is 4.96. The van der Waals surface area contributed by atoms with Gasteiger partial charge in [-0.2, -0.15) is 0 Å². The van der Waals surface area contributed by atoms with Crippen LogP contribution in [0.3, 0.4) is 0 Å². The lowest BCUT2D eigenvalue weighted by atomic mass is 9.91. The molecular weight excluding hydrogens is 260 g/mol. The second kappa shape index (κ2) is 5.90. The fourth-order valence-electron chi connectivity index (χ4n) is 1.67. The molecule has 4 nitrogen and oxygen atoms in total. The molecule has 0 spiro atoms. The van der Waals surface area contributed by atoms with Crippen LogP contribution in [0.4, 0.5) is 5.13 Å². The lowest BCUT2D eigenvalue weighted by molar-refractivity contribution is 0.0699. The summed E-state index contributed by atoms with van der Waals surface area (Å²) in [5.41, 5.74) is 0.429. The molecule has 19 heavy (non-hydrogen) atoms. The molecule has 0 amide bonds. The number of aromatic nitrogens is 1. The van der Waals surface area contributed by atoms with Gasteiger partial charge >= 0.3 is 5.97 Å². The molecule has 108 valence electrons. The summed E-state index contributed by atoms with van der Waals surface area (Å²) in [4.78, 5) is 18.3. The maximum absolute atomic E-state index is 11.3. The van der Waals surface area contributed by atoms with E-state index in [1.165, 1.54) is 11.3 Å². The number of carboxylic acids is 1. The first-order valence-electron chi connectivity index (χ1n) is 6.58. The Morgan fingerprint density at radius 2 is 2.00 bits per heavy atom. The Morgan fingerprint density at radius 1 is 1.42 bits per heavy atom. The van der Waals surface area contributed by atoms with Crippen LogP contribution < -0.4 is 4.90 Å². The number of hydrogen-bond acceptors (Lipinski definition) is 4. The highest BCUT2D eigenvalue weighted by atomic mass is 32.1.